The standard InChI is InChI=1S/C10Br7O/c11-3-1-2(5(13)7(15)6(3)14)10(18)9(17)8(16)4(1)12. The lowest BCUT2D eigenvalue weighted by Gasteiger charge is -2.14. The molecule has 0 N–H and O–H groups in total. The third-order valence-electron chi connectivity index (χ3n) is 2.30. The van der Waals surface area contributed by atoms with Crippen LogP contribution in [0.25, 0.3) is 10.8 Å². The van der Waals surface area contributed by atoms with Gasteiger partial charge in [-0.3, -0.25) is 5.11 Å². The van der Waals surface area contributed by atoms with Crippen LogP contribution in [0, 0.1) is 0 Å². The Morgan fingerprint density at radius 2 is 0.778 bits per heavy atom. The number of hydrogen-bond donors (Lipinski definition) is 0. The summed E-state index contributed by atoms with van der Waals surface area (Å²) in [6.45, 7) is 0. The average Bonchev–Trinajstić information content (AvgIpc) is 2.35. The number of rotatable bonds is 0. The molecule has 0 aromatic heterocycles. The monoisotopic (exact) mass is 688 g/mol. The number of benzene rings is 2. The van der Waals surface area contributed by atoms with E-state index >= 15 is 0 Å². The molecule has 0 aliphatic heterocycles. The molecular formula is C10Br7O. The van der Waals surface area contributed by atoms with E-state index in [1.807, 2.05) is 0 Å². The molecule has 0 saturated heterocycles. The van der Waals surface area contributed by atoms with Crippen LogP contribution in [0.15, 0.2) is 31.3 Å². The third kappa shape index (κ3) is 2.41. The smallest absolute Gasteiger partial charge is 0.203 e. The number of hydrogen-bond acceptors (Lipinski definition) is 0. The van der Waals surface area contributed by atoms with Crippen molar-refractivity contribution in [2.45, 2.75) is 0 Å². The minimum Gasteiger partial charge on any atom is -0.288 e. The zero-order valence-corrected chi connectivity index (χ0v) is 19.2. The van der Waals surface area contributed by atoms with Gasteiger partial charge in [0.15, 0.2) is 0 Å². The van der Waals surface area contributed by atoms with Crippen LogP contribution >= 0.6 is 112 Å². The summed E-state index contributed by atoms with van der Waals surface area (Å²) in [5, 5.41) is 13.8. The Hall–Kier alpha value is 1.86. The summed E-state index contributed by atoms with van der Waals surface area (Å²) in [7, 11) is 0. The normalized spacial score (nSPS) is 11.3. The van der Waals surface area contributed by atoms with Crippen LogP contribution < -0.4 is 0 Å². The minimum atomic E-state index is -0.0825. The van der Waals surface area contributed by atoms with E-state index in [0.717, 1.165) is 23.3 Å². The molecule has 0 atom stereocenters. The Morgan fingerprint density at radius 1 is 0.444 bits per heavy atom. The maximum atomic E-state index is 12.4. The Kier molecular flexibility index (Phi) is 5.35. The van der Waals surface area contributed by atoms with Gasteiger partial charge in [0.2, 0.25) is 5.75 Å². The van der Waals surface area contributed by atoms with Gasteiger partial charge >= 0.3 is 0 Å². The molecule has 0 fully saturated rings. The van der Waals surface area contributed by atoms with Crippen LogP contribution in [-0.2, 0) is 5.11 Å². The predicted molar refractivity (Wildman–Crippen MR) is 98.0 cm³/mol. The quantitative estimate of drug-likeness (QED) is 0.195. The van der Waals surface area contributed by atoms with Gasteiger partial charge in [0.05, 0.1) is 8.95 Å². The zero-order chi connectivity index (χ0) is 13.8. The Morgan fingerprint density at radius 3 is 1.22 bits per heavy atom. The molecule has 0 amide bonds. The predicted octanol–water partition coefficient (Wildman–Crippen LogP) is 8.32. The fraction of sp³-hybridized carbons (Fsp3) is 0. The molecule has 8 heteroatoms. The lowest BCUT2D eigenvalue weighted by Crippen LogP contribution is -1.87. The lowest BCUT2D eigenvalue weighted by molar-refractivity contribution is 0.357. The minimum absolute atomic E-state index is 0.0825. The topological polar surface area (TPSA) is 19.9 Å². The fourth-order valence-electron chi connectivity index (χ4n) is 1.47. The Bertz CT molecular complexity index is 567. The van der Waals surface area contributed by atoms with E-state index < -0.39 is 0 Å². The summed E-state index contributed by atoms with van der Waals surface area (Å²) < 4.78 is 5.16. The maximum Gasteiger partial charge on any atom is 0.203 e. The van der Waals surface area contributed by atoms with Gasteiger partial charge in [0.25, 0.3) is 0 Å². The van der Waals surface area contributed by atoms with E-state index in [4.69, 9.17) is 0 Å². The molecule has 1 radical (unpaired) electrons. The molecular weight excluding hydrogens is 695 g/mol. The van der Waals surface area contributed by atoms with Gasteiger partial charge in [-0.2, -0.15) is 0 Å². The van der Waals surface area contributed by atoms with Crippen molar-refractivity contribution in [1.29, 1.82) is 0 Å². The van der Waals surface area contributed by atoms with E-state index in [1.54, 1.807) is 0 Å². The van der Waals surface area contributed by atoms with Crippen molar-refractivity contribution >= 4 is 122 Å². The van der Waals surface area contributed by atoms with Crippen molar-refractivity contribution in [3.63, 3.8) is 0 Å². The SMILES string of the molecule is [O]c1c(Br)c(Br)c(Br)c2c(Br)c(Br)c(Br)c(Br)c12. The molecule has 18 heavy (non-hydrogen) atoms. The molecule has 0 aliphatic carbocycles. The van der Waals surface area contributed by atoms with Gasteiger partial charge in [0, 0.05) is 33.1 Å². The van der Waals surface area contributed by atoms with Gasteiger partial charge in [-0.1, -0.05) is 0 Å². The van der Waals surface area contributed by atoms with Crippen molar-refractivity contribution in [3.05, 3.63) is 31.3 Å². The van der Waals surface area contributed by atoms with Gasteiger partial charge < -0.3 is 0 Å². The number of halogens is 7. The van der Waals surface area contributed by atoms with Crippen molar-refractivity contribution in [1.82, 2.24) is 0 Å². The first-order valence-corrected chi connectivity index (χ1v) is 9.83. The second-order valence-electron chi connectivity index (χ2n) is 3.28. The van der Waals surface area contributed by atoms with Crippen LogP contribution in [0.4, 0.5) is 0 Å². The molecule has 95 valence electrons. The Labute approximate surface area is 162 Å². The molecule has 2 rings (SSSR count). The molecule has 0 saturated carbocycles. The summed E-state index contributed by atoms with van der Waals surface area (Å²) in [5.41, 5.74) is 0. The highest BCUT2D eigenvalue weighted by molar-refractivity contribution is 9.15. The van der Waals surface area contributed by atoms with E-state index in [0.29, 0.717) is 18.8 Å². The second-order valence-corrected chi connectivity index (χ2v) is 8.83. The molecule has 0 aliphatic rings. The van der Waals surface area contributed by atoms with Crippen molar-refractivity contribution in [2.75, 3.05) is 0 Å². The average molecular weight is 695 g/mol. The highest BCUT2D eigenvalue weighted by Gasteiger charge is 2.23. The summed E-state index contributed by atoms with van der Waals surface area (Å²) in [4.78, 5) is 0. The molecule has 2 aromatic rings. The van der Waals surface area contributed by atoms with Crippen LogP contribution in [0.2, 0.25) is 0 Å². The second kappa shape index (κ2) is 5.93. The fourth-order valence-corrected chi connectivity index (χ4v) is 5.86. The molecule has 0 heterocycles. The largest absolute Gasteiger partial charge is 0.288 e. The van der Waals surface area contributed by atoms with Crippen LogP contribution in [-0.4, -0.2) is 0 Å². The highest BCUT2D eigenvalue weighted by Crippen LogP contribution is 2.53. The summed E-state index contributed by atoms with van der Waals surface area (Å²) in [6, 6.07) is 0. The summed E-state index contributed by atoms with van der Waals surface area (Å²) in [5.74, 6) is -0.0825. The molecule has 0 unspecified atom stereocenters. The Balaban J connectivity index is 3.22. The van der Waals surface area contributed by atoms with Crippen molar-refractivity contribution in [2.24, 2.45) is 0 Å². The van der Waals surface area contributed by atoms with E-state index in [2.05, 4.69) is 112 Å². The molecule has 0 spiro atoms. The first-order chi connectivity index (χ1) is 8.29. The van der Waals surface area contributed by atoms with Gasteiger partial charge in [-0.15, -0.1) is 0 Å². The summed E-state index contributed by atoms with van der Waals surface area (Å²) in [6.07, 6.45) is 0. The van der Waals surface area contributed by atoms with E-state index in [1.165, 1.54) is 0 Å². The van der Waals surface area contributed by atoms with E-state index in [-0.39, 0.29) is 5.75 Å². The lowest BCUT2D eigenvalue weighted by atomic mass is 10.1. The molecule has 2 aromatic carbocycles. The maximum absolute atomic E-state index is 12.4. The van der Waals surface area contributed by atoms with Crippen molar-refractivity contribution < 1.29 is 5.11 Å². The van der Waals surface area contributed by atoms with Crippen LogP contribution in [0.1, 0.15) is 0 Å². The van der Waals surface area contributed by atoms with Gasteiger partial charge in [-0.25, -0.2) is 0 Å². The molecule has 0 bridgehead atoms. The third-order valence-corrected chi connectivity index (χ3v) is 10.5. The summed E-state index contributed by atoms with van der Waals surface area (Å²) >= 11 is 24.1. The van der Waals surface area contributed by atoms with Gasteiger partial charge in [-0.05, 0) is 112 Å². The van der Waals surface area contributed by atoms with Crippen LogP contribution in [0.3, 0.4) is 0 Å². The number of fused-ring (bicyclic) bond motifs is 1. The first kappa shape index (κ1) is 16.2. The van der Waals surface area contributed by atoms with Crippen molar-refractivity contribution in [3.8, 4) is 5.75 Å². The zero-order valence-electron chi connectivity index (χ0n) is 8.05. The van der Waals surface area contributed by atoms with Crippen LogP contribution in [0.5, 0.6) is 5.75 Å². The molecule has 1 nitrogen and oxygen atoms in total. The highest BCUT2D eigenvalue weighted by atomic mass is 79.9. The van der Waals surface area contributed by atoms with Gasteiger partial charge in [0.1, 0.15) is 0 Å². The van der Waals surface area contributed by atoms with E-state index in [9.17, 15) is 5.11 Å². The first-order valence-electron chi connectivity index (χ1n) is 4.28.